The van der Waals surface area contributed by atoms with Gasteiger partial charge in [-0.25, -0.2) is 9.37 Å². The van der Waals surface area contributed by atoms with Crippen LogP contribution in [0.5, 0.6) is 0 Å². The van der Waals surface area contributed by atoms with Crippen LogP contribution in [0, 0.1) is 12.7 Å². The molecule has 2 rings (SSSR count). The molecule has 1 N–H and O–H groups in total. The van der Waals surface area contributed by atoms with Gasteiger partial charge in [0.05, 0.1) is 0 Å². The van der Waals surface area contributed by atoms with Crippen LogP contribution in [0.1, 0.15) is 21.7 Å². The van der Waals surface area contributed by atoms with Crippen LogP contribution in [0.3, 0.4) is 0 Å². The molecule has 0 aliphatic carbocycles. The topological polar surface area (TPSA) is 42.0 Å². The van der Waals surface area contributed by atoms with Gasteiger partial charge in [0.2, 0.25) is 0 Å². The second-order valence-corrected chi connectivity index (χ2v) is 4.30. The molecule has 0 spiro atoms. The van der Waals surface area contributed by atoms with Crippen molar-refractivity contribution in [3.63, 3.8) is 0 Å². The predicted molar refractivity (Wildman–Crippen MR) is 71.4 cm³/mol. The van der Waals surface area contributed by atoms with E-state index in [-0.39, 0.29) is 11.7 Å². The highest BCUT2D eigenvalue weighted by Crippen LogP contribution is 2.04. The maximum atomic E-state index is 13.0. The van der Waals surface area contributed by atoms with Gasteiger partial charge in [-0.2, -0.15) is 0 Å². The minimum atomic E-state index is -0.260. The van der Waals surface area contributed by atoms with Crippen LogP contribution in [-0.4, -0.2) is 17.4 Å². The van der Waals surface area contributed by atoms with Crippen LogP contribution < -0.4 is 5.32 Å². The van der Waals surface area contributed by atoms with Gasteiger partial charge in [-0.05, 0) is 43.2 Å². The van der Waals surface area contributed by atoms with Crippen molar-refractivity contribution in [2.45, 2.75) is 13.3 Å². The summed E-state index contributed by atoms with van der Waals surface area (Å²) in [6.45, 7) is 2.29. The summed E-state index contributed by atoms with van der Waals surface area (Å²) in [6, 6.07) is 11.7. The number of hydrogen-bond acceptors (Lipinski definition) is 2. The Morgan fingerprint density at radius 2 is 2.05 bits per heavy atom. The van der Waals surface area contributed by atoms with Crippen LogP contribution in [0.25, 0.3) is 0 Å². The normalized spacial score (nSPS) is 10.2. The molecule has 1 amide bonds. The summed E-state index contributed by atoms with van der Waals surface area (Å²) in [5.74, 6) is -0.468. The minimum Gasteiger partial charge on any atom is -0.350 e. The summed E-state index contributed by atoms with van der Waals surface area (Å²) in [5.41, 5.74) is 2.06. The SMILES string of the molecule is Cc1cccc(C(=O)NCCc2cccc(F)c2)n1. The van der Waals surface area contributed by atoms with Gasteiger partial charge in [0, 0.05) is 12.2 Å². The highest BCUT2D eigenvalue weighted by Gasteiger charge is 2.06. The van der Waals surface area contributed by atoms with Crippen molar-refractivity contribution in [3.8, 4) is 0 Å². The van der Waals surface area contributed by atoms with E-state index >= 15 is 0 Å². The van der Waals surface area contributed by atoms with E-state index in [1.165, 1.54) is 12.1 Å². The van der Waals surface area contributed by atoms with Crippen molar-refractivity contribution >= 4 is 5.91 Å². The van der Waals surface area contributed by atoms with E-state index < -0.39 is 0 Å². The molecular formula is C15H15FN2O. The molecule has 4 heteroatoms. The number of benzene rings is 1. The van der Waals surface area contributed by atoms with Crippen molar-refractivity contribution in [1.29, 1.82) is 0 Å². The zero-order valence-electron chi connectivity index (χ0n) is 10.7. The first-order valence-electron chi connectivity index (χ1n) is 6.11. The largest absolute Gasteiger partial charge is 0.350 e. The van der Waals surface area contributed by atoms with Crippen molar-refractivity contribution in [1.82, 2.24) is 10.3 Å². The van der Waals surface area contributed by atoms with E-state index in [9.17, 15) is 9.18 Å². The molecule has 0 radical (unpaired) electrons. The van der Waals surface area contributed by atoms with Gasteiger partial charge in [0.15, 0.2) is 0 Å². The summed E-state index contributed by atoms with van der Waals surface area (Å²) in [7, 11) is 0. The maximum absolute atomic E-state index is 13.0. The summed E-state index contributed by atoms with van der Waals surface area (Å²) >= 11 is 0. The molecule has 19 heavy (non-hydrogen) atoms. The van der Waals surface area contributed by atoms with Crippen molar-refractivity contribution in [3.05, 3.63) is 65.2 Å². The second kappa shape index (κ2) is 6.09. The monoisotopic (exact) mass is 258 g/mol. The lowest BCUT2D eigenvalue weighted by atomic mass is 10.1. The molecule has 1 heterocycles. The van der Waals surface area contributed by atoms with Gasteiger partial charge >= 0.3 is 0 Å². The number of pyridine rings is 1. The first-order valence-corrected chi connectivity index (χ1v) is 6.11. The lowest BCUT2D eigenvalue weighted by Crippen LogP contribution is -2.26. The Balaban J connectivity index is 1.87. The first kappa shape index (κ1) is 13.2. The Hall–Kier alpha value is -2.23. The van der Waals surface area contributed by atoms with Crippen molar-refractivity contribution in [2.24, 2.45) is 0 Å². The predicted octanol–water partition coefficient (Wildman–Crippen LogP) is 2.50. The highest BCUT2D eigenvalue weighted by molar-refractivity contribution is 5.92. The summed E-state index contributed by atoms with van der Waals surface area (Å²) < 4.78 is 13.0. The maximum Gasteiger partial charge on any atom is 0.269 e. The van der Waals surface area contributed by atoms with Gasteiger partial charge < -0.3 is 5.32 Å². The molecule has 0 aliphatic rings. The Bertz CT molecular complexity index is 584. The number of aryl methyl sites for hydroxylation is 1. The van der Waals surface area contributed by atoms with E-state index in [2.05, 4.69) is 10.3 Å². The van der Waals surface area contributed by atoms with E-state index in [4.69, 9.17) is 0 Å². The molecule has 1 aromatic heterocycles. The molecule has 0 bridgehead atoms. The molecule has 2 aromatic rings. The standard InChI is InChI=1S/C15H15FN2O/c1-11-4-2-7-14(18-11)15(19)17-9-8-12-5-3-6-13(16)10-12/h2-7,10H,8-9H2,1H3,(H,17,19). The van der Waals surface area contributed by atoms with Crippen molar-refractivity contribution < 1.29 is 9.18 Å². The Morgan fingerprint density at radius 3 is 2.79 bits per heavy atom. The average Bonchev–Trinajstić information content (AvgIpc) is 2.38. The smallest absolute Gasteiger partial charge is 0.269 e. The molecule has 0 atom stereocenters. The molecule has 3 nitrogen and oxygen atoms in total. The summed E-state index contributed by atoms with van der Waals surface area (Å²) in [4.78, 5) is 15.9. The second-order valence-electron chi connectivity index (χ2n) is 4.30. The number of halogens is 1. The van der Waals surface area contributed by atoms with Gasteiger partial charge in [-0.15, -0.1) is 0 Å². The van der Waals surface area contributed by atoms with E-state index in [1.807, 2.05) is 19.1 Å². The molecule has 0 aliphatic heterocycles. The third-order valence-electron chi connectivity index (χ3n) is 2.71. The molecule has 0 saturated heterocycles. The van der Waals surface area contributed by atoms with E-state index in [0.29, 0.717) is 18.7 Å². The molecule has 0 fully saturated rings. The van der Waals surface area contributed by atoms with Crippen LogP contribution in [0.15, 0.2) is 42.5 Å². The van der Waals surface area contributed by atoms with Gasteiger partial charge in [0.1, 0.15) is 11.5 Å². The number of rotatable bonds is 4. The number of nitrogens with zero attached hydrogens (tertiary/aromatic N) is 1. The van der Waals surface area contributed by atoms with Gasteiger partial charge in [-0.1, -0.05) is 18.2 Å². The number of aromatic nitrogens is 1. The quantitative estimate of drug-likeness (QED) is 0.915. The molecule has 0 unspecified atom stereocenters. The van der Waals surface area contributed by atoms with Crippen LogP contribution in [0.4, 0.5) is 4.39 Å². The fraction of sp³-hybridized carbons (Fsp3) is 0.200. The third kappa shape index (κ3) is 3.88. The average molecular weight is 258 g/mol. The van der Waals surface area contributed by atoms with Gasteiger partial charge in [-0.3, -0.25) is 4.79 Å². The summed E-state index contributed by atoms with van der Waals surface area (Å²) in [6.07, 6.45) is 0.593. The fourth-order valence-electron chi connectivity index (χ4n) is 1.77. The van der Waals surface area contributed by atoms with E-state index in [0.717, 1.165) is 11.3 Å². The highest BCUT2D eigenvalue weighted by atomic mass is 19.1. The number of carbonyl (C=O) groups excluding carboxylic acids is 1. The van der Waals surface area contributed by atoms with E-state index in [1.54, 1.807) is 18.2 Å². The fourth-order valence-corrected chi connectivity index (χ4v) is 1.77. The van der Waals surface area contributed by atoms with Gasteiger partial charge in [0.25, 0.3) is 5.91 Å². The number of carbonyl (C=O) groups is 1. The van der Waals surface area contributed by atoms with Crippen molar-refractivity contribution in [2.75, 3.05) is 6.54 Å². The number of nitrogens with one attached hydrogen (secondary N) is 1. The molecule has 98 valence electrons. The lowest BCUT2D eigenvalue weighted by molar-refractivity contribution is 0.0949. The Morgan fingerprint density at radius 1 is 1.26 bits per heavy atom. The Kier molecular flexibility index (Phi) is 4.23. The summed E-state index contributed by atoms with van der Waals surface area (Å²) in [5, 5.41) is 2.77. The molecule has 0 saturated carbocycles. The number of hydrogen-bond donors (Lipinski definition) is 1. The van der Waals surface area contributed by atoms with Crippen LogP contribution in [-0.2, 0) is 6.42 Å². The first-order chi connectivity index (χ1) is 9.15. The van der Waals surface area contributed by atoms with Crippen LogP contribution in [0.2, 0.25) is 0 Å². The zero-order chi connectivity index (χ0) is 13.7. The Labute approximate surface area is 111 Å². The number of amides is 1. The molecule has 1 aromatic carbocycles. The molecular weight excluding hydrogens is 243 g/mol. The minimum absolute atomic E-state index is 0.208. The third-order valence-corrected chi connectivity index (χ3v) is 2.71. The lowest BCUT2D eigenvalue weighted by Gasteiger charge is -2.05. The van der Waals surface area contributed by atoms with Crippen LogP contribution >= 0.6 is 0 Å². The zero-order valence-corrected chi connectivity index (χ0v) is 10.7.